The molecule has 2 aromatic carbocycles. The molecular formula is C30H37F3N4O5S. The number of nitrogens with zero attached hydrogens (tertiary/aromatic N) is 2. The fourth-order valence-electron chi connectivity index (χ4n) is 5.15. The van der Waals surface area contributed by atoms with Gasteiger partial charge in [-0.1, -0.05) is 18.9 Å². The summed E-state index contributed by atoms with van der Waals surface area (Å²) in [6, 6.07) is 11.4. The molecule has 0 spiro atoms. The molecule has 1 aromatic heterocycles. The number of aromatic nitrogens is 1. The van der Waals surface area contributed by atoms with Crippen molar-refractivity contribution >= 4 is 32.1 Å². The molecule has 0 amide bonds. The van der Waals surface area contributed by atoms with Crippen LogP contribution in [0.15, 0.2) is 47.4 Å². The van der Waals surface area contributed by atoms with E-state index in [1.165, 1.54) is 19.2 Å². The van der Waals surface area contributed by atoms with Gasteiger partial charge in [0.25, 0.3) is 0 Å². The summed E-state index contributed by atoms with van der Waals surface area (Å²) in [6.07, 6.45) is -3.67. The Hall–Kier alpha value is -3.44. The number of halogens is 3. The van der Waals surface area contributed by atoms with Gasteiger partial charge in [-0.05, 0) is 49.1 Å². The zero-order valence-corrected chi connectivity index (χ0v) is 24.9. The Balaban J connectivity index is 1.53. The smallest absolute Gasteiger partial charge is 0.406 e. The van der Waals surface area contributed by atoms with Gasteiger partial charge in [0.1, 0.15) is 12.3 Å². The second-order valence-corrected chi connectivity index (χ2v) is 12.7. The van der Waals surface area contributed by atoms with E-state index in [9.17, 15) is 26.7 Å². The lowest BCUT2D eigenvalue weighted by Gasteiger charge is -2.33. The van der Waals surface area contributed by atoms with E-state index in [0.29, 0.717) is 28.9 Å². The van der Waals surface area contributed by atoms with Gasteiger partial charge in [-0.15, -0.1) is 0 Å². The van der Waals surface area contributed by atoms with E-state index in [1.807, 2.05) is 6.07 Å². The van der Waals surface area contributed by atoms with E-state index in [2.05, 4.69) is 27.4 Å². The van der Waals surface area contributed by atoms with Crippen LogP contribution in [0.2, 0.25) is 0 Å². The van der Waals surface area contributed by atoms with Crippen LogP contribution in [0, 0.1) is 11.8 Å². The topological polar surface area (TPSA) is 116 Å². The zero-order chi connectivity index (χ0) is 31.2. The Morgan fingerprint density at radius 1 is 1.14 bits per heavy atom. The van der Waals surface area contributed by atoms with E-state index < -0.39 is 28.7 Å². The zero-order valence-electron chi connectivity index (χ0n) is 24.1. The van der Waals surface area contributed by atoms with Crippen molar-refractivity contribution in [1.29, 1.82) is 0 Å². The molecule has 43 heavy (non-hydrogen) atoms. The van der Waals surface area contributed by atoms with Crippen LogP contribution in [0.1, 0.15) is 25.5 Å². The summed E-state index contributed by atoms with van der Waals surface area (Å²) in [7, 11) is -2.00. The van der Waals surface area contributed by atoms with Crippen molar-refractivity contribution < 1.29 is 36.5 Å². The van der Waals surface area contributed by atoms with Crippen molar-refractivity contribution in [3.63, 3.8) is 0 Å². The first kappa shape index (κ1) is 32.5. The van der Waals surface area contributed by atoms with E-state index in [1.54, 1.807) is 31.2 Å². The Kier molecular flexibility index (Phi) is 10.5. The standard InChI is InChI=1S/C30H37F3N4O5S/c1-3-43(40,41)24-9-10-27(29(17-24)42-2)34-13-5-6-22-16-25-26(7-4-8-28(25)37(22)20-30(31,32)33)35-21-11-14-36(15-12-21)18-23(39)19-38/h4,7-10,16-17,21,23,34-35,38-39H,3,11-15,18-20H2,1-2H3. The number of β-amino-alcohol motifs (C(OH)–C–C–N with tert-alkyl or cyclic N) is 1. The van der Waals surface area contributed by atoms with Gasteiger partial charge in [0.05, 0.1) is 53.9 Å². The van der Waals surface area contributed by atoms with Gasteiger partial charge in [-0.25, -0.2) is 8.42 Å². The maximum atomic E-state index is 13.6. The number of sulfone groups is 1. The van der Waals surface area contributed by atoms with Gasteiger partial charge in [-0.3, -0.25) is 0 Å². The van der Waals surface area contributed by atoms with Crippen molar-refractivity contribution in [3.8, 4) is 17.6 Å². The number of aliphatic hydroxyl groups excluding tert-OH is 2. The molecule has 2 heterocycles. The normalized spacial score (nSPS) is 15.6. The highest BCUT2D eigenvalue weighted by molar-refractivity contribution is 7.91. The molecule has 4 N–H and O–H groups in total. The molecule has 1 fully saturated rings. The quantitative estimate of drug-likeness (QED) is 0.240. The van der Waals surface area contributed by atoms with Crippen LogP contribution in [0.4, 0.5) is 24.5 Å². The minimum Gasteiger partial charge on any atom is -0.495 e. The minimum atomic E-state index is -4.45. The van der Waals surface area contributed by atoms with Crippen LogP contribution in [-0.4, -0.2) is 92.1 Å². The lowest BCUT2D eigenvalue weighted by molar-refractivity contribution is -0.140. The summed E-state index contributed by atoms with van der Waals surface area (Å²) < 4.78 is 71.7. The molecule has 1 aliphatic rings. The van der Waals surface area contributed by atoms with Gasteiger partial charge >= 0.3 is 6.18 Å². The maximum absolute atomic E-state index is 13.6. The number of anilines is 2. The van der Waals surface area contributed by atoms with Crippen molar-refractivity contribution in [1.82, 2.24) is 9.47 Å². The summed E-state index contributed by atoms with van der Waals surface area (Å²) in [5.74, 6) is 6.02. The maximum Gasteiger partial charge on any atom is 0.406 e. The number of methoxy groups -OCH3 is 1. The van der Waals surface area contributed by atoms with Crippen LogP contribution >= 0.6 is 0 Å². The van der Waals surface area contributed by atoms with E-state index in [0.717, 1.165) is 36.2 Å². The van der Waals surface area contributed by atoms with Crippen LogP contribution < -0.4 is 15.4 Å². The lowest BCUT2D eigenvalue weighted by atomic mass is 10.0. The number of alkyl halides is 3. The molecule has 9 nitrogen and oxygen atoms in total. The number of ether oxygens (including phenoxy) is 1. The molecule has 1 atom stereocenters. The summed E-state index contributed by atoms with van der Waals surface area (Å²) in [6.45, 7) is 2.01. The minimum absolute atomic E-state index is 0.0484. The average molecular weight is 623 g/mol. The first-order valence-electron chi connectivity index (χ1n) is 14.0. The third-order valence-corrected chi connectivity index (χ3v) is 9.14. The van der Waals surface area contributed by atoms with E-state index >= 15 is 0 Å². The van der Waals surface area contributed by atoms with Crippen molar-refractivity contribution in [2.24, 2.45) is 0 Å². The molecule has 13 heteroatoms. The largest absolute Gasteiger partial charge is 0.495 e. The van der Waals surface area contributed by atoms with Crippen LogP contribution in [0.25, 0.3) is 10.9 Å². The number of fused-ring (bicyclic) bond motifs is 1. The fraction of sp³-hybridized carbons (Fsp3) is 0.467. The van der Waals surface area contributed by atoms with Gasteiger partial charge in [0.2, 0.25) is 0 Å². The van der Waals surface area contributed by atoms with E-state index in [4.69, 9.17) is 9.84 Å². The Morgan fingerprint density at radius 3 is 2.53 bits per heavy atom. The van der Waals surface area contributed by atoms with Gasteiger partial charge in [0.15, 0.2) is 9.84 Å². The Bertz CT molecular complexity index is 1570. The highest BCUT2D eigenvalue weighted by Crippen LogP contribution is 2.32. The number of benzene rings is 2. The van der Waals surface area contributed by atoms with Crippen molar-refractivity contribution in [3.05, 3.63) is 48.2 Å². The Morgan fingerprint density at radius 2 is 1.88 bits per heavy atom. The molecule has 0 bridgehead atoms. The van der Waals surface area contributed by atoms with Gasteiger partial charge in [0, 0.05) is 42.8 Å². The monoisotopic (exact) mass is 622 g/mol. The average Bonchev–Trinajstić information content (AvgIpc) is 3.32. The molecule has 4 rings (SSSR count). The molecule has 1 unspecified atom stereocenters. The number of aliphatic hydroxyl groups is 2. The van der Waals surface area contributed by atoms with Crippen LogP contribution in [0.5, 0.6) is 5.75 Å². The SMILES string of the molecule is CCS(=O)(=O)c1ccc(NCC#Cc2cc3c(NC4CCN(CC(O)CO)CC4)cccc3n2CC(F)(F)F)c(OC)c1. The second kappa shape index (κ2) is 13.9. The number of rotatable bonds is 11. The number of nitrogens with one attached hydrogen (secondary N) is 2. The predicted octanol–water partition coefficient (Wildman–Crippen LogP) is 3.70. The molecule has 1 aliphatic heterocycles. The number of likely N-dealkylation sites (tertiary alicyclic amines) is 1. The van der Waals surface area contributed by atoms with Crippen molar-refractivity contribution in [2.75, 3.05) is 56.3 Å². The third-order valence-electron chi connectivity index (χ3n) is 7.41. The number of piperidine rings is 1. The molecule has 1 saturated heterocycles. The van der Waals surface area contributed by atoms with Crippen LogP contribution in [0.3, 0.4) is 0 Å². The third kappa shape index (κ3) is 8.35. The van der Waals surface area contributed by atoms with Crippen LogP contribution in [-0.2, 0) is 16.4 Å². The van der Waals surface area contributed by atoms with Crippen molar-refractivity contribution in [2.45, 2.75) is 49.5 Å². The molecule has 0 radical (unpaired) electrons. The summed E-state index contributed by atoms with van der Waals surface area (Å²) >= 11 is 0. The number of hydrogen-bond acceptors (Lipinski definition) is 8. The highest BCUT2D eigenvalue weighted by Gasteiger charge is 2.30. The van der Waals surface area contributed by atoms with Gasteiger partial charge in [-0.2, -0.15) is 13.2 Å². The first-order valence-corrected chi connectivity index (χ1v) is 15.7. The molecule has 3 aromatic rings. The Labute approximate surface area is 249 Å². The fourth-order valence-corrected chi connectivity index (χ4v) is 6.05. The first-order chi connectivity index (χ1) is 20.4. The highest BCUT2D eigenvalue weighted by atomic mass is 32.2. The lowest BCUT2D eigenvalue weighted by Crippen LogP contribution is -2.43. The predicted molar refractivity (Wildman–Crippen MR) is 160 cm³/mol. The summed E-state index contributed by atoms with van der Waals surface area (Å²) in [5.41, 5.74) is 1.86. The second-order valence-electron chi connectivity index (χ2n) is 10.4. The summed E-state index contributed by atoms with van der Waals surface area (Å²) in [5, 5.41) is 26.0. The molecule has 234 valence electrons. The summed E-state index contributed by atoms with van der Waals surface area (Å²) in [4.78, 5) is 2.22. The van der Waals surface area contributed by atoms with Gasteiger partial charge < -0.3 is 35.1 Å². The number of hydrogen-bond donors (Lipinski definition) is 4. The molecular weight excluding hydrogens is 585 g/mol. The molecule has 0 saturated carbocycles. The van der Waals surface area contributed by atoms with E-state index in [-0.39, 0.29) is 35.5 Å². The molecule has 0 aliphatic carbocycles.